The largest absolute Gasteiger partial charge is 0.375 e. The molecule has 0 spiro atoms. The Labute approximate surface area is 74.7 Å². The average molecular weight is 166 g/mol. The normalized spacial score (nSPS) is 21.2. The zero-order valence-corrected chi connectivity index (χ0v) is 7.79. The van der Waals surface area contributed by atoms with Crippen molar-refractivity contribution in [2.45, 2.75) is 25.8 Å². The van der Waals surface area contributed by atoms with E-state index < -0.39 is 0 Å². The Balaban J connectivity index is 2.44. The van der Waals surface area contributed by atoms with E-state index in [1.807, 2.05) is 6.08 Å². The number of nitrogens with zero attached hydrogens (tertiary/aromatic N) is 1. The topological polar surface area (TPSA) is 29.3 Å². The van der Waals surface area contributed by atoms with Crippen molar-refractivity contribution in [1.29, 1.82) is 0 Å². The molecule has 2 nitrogen and oxygen atoms in total. The van der Waals surface area contributed by atoms with E-state index in [4.69, 9.17) is 5.73 Å². The van der Waals surface area contributed by atoms with E-state index in [1.165, 1.54) is 5.70 Å². The van der Waals surface area contributed by atoms with Gasteiger partial charge in [0.2, 0.25) is 0 Å². The third kappa shape index (κ3) is 2.38. The molecule has 1 fully saturated rings. The van der Waals surface area contributed by atoms with Gasteiger partial charge in [-0.1, -0.05) is 12.7 Å². The minimum absolute atomic E-state index is 0.415. The van der Waals surface area contributed by atoms with Gasteiger partial charge in [-0.15, -0.1) is 0 Å². The maximum atomic E-state index is 5.80. The Bertz CT molecular complexity index is 176. The smallest absolute Gasteiger partial charge is 0.0189 e. The lowest BCUT2D eigenvalue weighted by atomic mass is 10.1. The second-order valence-electron chi connectivity index (χ2n) is 3.37. The highest BCUT2D eigenvalue weighted by atomic mass is 15.1. The number of rotatable bonds is 2. The summed E-state index contributed by atoms with van der Waals surface area (Å²) in [6, 6.07) is 0.415. The van der Waals surface area contributed by atoms with Gasteiger partial charge < -0.3 is 10.6 Å². The van der Waals surface area contributed by atoms with Gasteiger partial charge >= 0.3 is 0 Å². The summed E-state index contributed by atoms with van der Waals surface area (Å²) in [6.07, 6.45) is 6.12. The van der Waals surface area contributed by atoms with Crippen LogP contribution in [0.4, 0.5) is 0 Å². The van der Waals surface area contributed by atoms with E-state index in [9.17, 15) is 0 Å². The molecule has 1 aliphatic rings. The van der Waals surface area contributed by atoms with Crippen LogP contribution in [0.25, 0.3) is 0 Å². The van der Waals surface area contributed by atoms with E-state index in [0.29, 0.717) is 6.04 Å². The third-order valence-corrected chi connectivity index (χ3v) is 2.40. The summed E-state index contributed by atoms with van der Waals surface area (Å²) in [5.74, 6) is 0. The van der Waals surface area contributed by atoms with E-state index in [2.05, 4.69) is 24.5 Å². The molecule has 0 aromatic heterocycles. The Morgan fingerprint density at radius 1 is 1.50 bits per heavy atom. The van der Waals surface area contributed by atoms with Gasteiger partial charge in [-0.05, 0) is 25.8 Å². The quantitative estimate of drug-likeness (QED) is 0.630. The minimum Gasteiger partial charge on any atom is -0.375 e. The molecule has 1 heterocycles. The lowest BCUT2D eigenvalue weighted by Gasteiger charge is -2.32. The number of piperidine rings is 1. The van der Waals surface area contributed by atoms with Crippen LogP contribution in [0.2, 0.25) is 0 Å². The van der Waals surface area contributed by atoms with Gasteiger partial charge in [-0.25, -0.2) is 0 Å². The van der Waals surface area contributed by atoms with Gasteiger partial charge in [-0.3, -0.25) is 0 Å². The standard InChI is InChI=1S/C10H18N2/c1-3-4-9(2)12-7-5-10(11)6-8-12/h3-4,10H,1,5-8,11H2,2H3/b9-4+. The summed E-state index contributed by atoms with van der Waals surface area (Å²) < 4.78 is 0. The first-order valence-corrected chi connectivity index (χ1v) is 4.54. The highest BCUT2D eigenvalue weighted by Crippen LogP contribution is 2.13. The second kappa shape index (κ2) is 4.31. The van der Waals surface area contributed by atoms with E-state index in [-0.39, 0.29) is 0 Å². The summed E-state index contributed by atoms with van der Waals surface area (Å²) in [4.78, 5) is 2.37. The Morgan fingerprint density at radius 3 is 2.58 bits per heavy atom. The van der Waals surface area contributed by atoms with Crippen molar-refractivity contribution in [1.82, 2.24) is 4.90 Å². The molecular formula is C10H18N2. The van der Waals surface area contributed by atoms with Crippen molar-refractivity contribution < 1.29 is 0 Å². The van der Waals surface area contributed by atoms with E-state index in [0.717, 1.165) is 25.9 Å². The first-order valence-electron chi connectivity index (χ1n) is 4.54. The molecule has 1 rings (SSSR count). The monoisotopic (exact) mass is 166 g/mol. The molecule has 0 aromatic carbocycles. The number of hydrogen-bond acceptors (Lipinski definition) is 2. The first kappa shape index (κ1) is 9.33. The van der Waals surface area contributed by atoms with Crippen LogP contribution in [0.5, 0.6) is 0 Å². The van der Waals surface area contributed by atoms with Gasteiger partial charge in [0.25, 0.3) is 0 Å². The molecule has 0 atom stereocenters. The highest BCUT2D eigenvalue weighted by Gasteiger charge is 2.15. The second-order valence-corrected chi connectivity index (χ2v) is 3.37. The fourth-order valence-electron chi connectivity index (χ4n) is 1.53. The van der Waals surface area contributed by atoms with Crippen LogP contribution in [-0.4, -0.2) is 24.0 Å². The van der Waals surface area contributed by atoms with Gasteiger partial charge in [-0.2, -0.15) is 0 Å². The number of allylic oxidation sites excluding steroid dienone is 3. The van der Waals surface area contributed by atoms with Crippen LogP contribution < -0.4 is 5.73 Å². The average Bonchev–Trinajstić information content (AvgIpc) is 2.06. The molecule has 0 amide bonds. The Hall–Kier alpha value is -0.760. The molecule has 12 heavy (non-hydrogen) atoms. The summed E-state index contributed by atoms with van der Waals surface area (Å²) in [6.45, 7) is 8.00. The molecular weight excluding hydrogens is 148 g/mol. The third-order valence-electron chi connectivity index (χ3n) is 2.40. The lowest BCUT2D eigenvalue weighted by molar-refractivity contribution is 0.264. The molecule has 0 aromatic rings. The van der Waals surface area contributed by atoms with Gasteiger partial charge in [0.15, 0.2) is 0 Å². The van der Waals surface area contributed by atoms with Crippen LogP contribution in [-0.2, 0) is 0 Å². The van der Waals surface area contributed by atoms with Crippen LogP contribution in [0.1, 0.15) is 19.8 Å². The molecule has 1 aliphatic heterocycles. The summed E-state index contributed by atoms with van der Waals surface area (Å²) in [5.41, 5.74) is 7.11. The van der Waals surface area contributed by atoms with Crippen LogP contribution in [0, 0.1) is 0 Å². The van der Waals surface area contributed by atoms with Crippen LogP contribution in [0.3, 0.4) is 0 Å². The highest BCUT2D eigenvalue weighted by molar-refractivity contribution is 5.07. The van der Waals surface area contributed by atoms with Crippen molar-refractivity contribution in [3.8, 4) is 0 Å². The molecule has 0 aliphatic carbocycles. The summed E-state index contributed by atoms with van der Waals surface area (Å²) in [7, 11) is 0. The molecule has 0 radical (unpaired) electrons. The molecule has 2 N–H and O–H groups in total. The summed E-state index contributed by atoms with van der Waals surface area (Å²) >= 11 is 0. The fourth-order valence-corrected chi connectivity index (χ4v) is 1.53. The van der Waals surface area contributed by atoms with Gasteiger partial charge in [0.1, 0.15) is 0 Å². The minimum atomic E-state index is 0.415. The van der Waals surface area contributed by atoms with Crippen molar-refractivity contribution >= 4 is 0 Å². The molecule has 0 saturated carbocycles. The summed E-state index contributed by atoms with van der Waals surface area (Å²) in [5, 5.41) is 0. The Morgan fingerprint density at radius 2 is 2.08 bits per heavy atom. The molecule has 0 bridgehead atoms. The van der Waals surface area contributed by atoms with Crippen molar-refractivity contribution in [2.24, 2.45) is 5.73 Å². The van der Waals surface area contributed by atoms with Crippen LogP contribution >= 0.6 is 0 Å². The molecule has 68 valence electrons. The predicted molar refractivity (Wildman–Crippen MR) is 52.7 cm³/mol. The fraction of sp³-hybridized carbons (Fsp3) is 0.600. The predicted octanol–water partition coefficient (Wildman–Crippen LogP) is 1.50. The van der Waals surface area contributed by atoms with E-state index in [1.54, 1.807) is 0 Å². The number of likely N-dealkylation sites (tertiary alicyclic amines) is 1. The van der Waals surface area contributed by atoms with Gasteiger partial charge in [0.05, 0.1) is 0 Å². The number of nitrogens with two attached hydrogens (primary N) is 1. The lowest BCUT2D eigenvalue weighted by Crippen LogP contribution is -2.38. The molecule has 0 unspecified atom stereocenters. The van der Waals surface area contributed by atoms with Crippen molar-refractivity contribution in [2.75, 3.05) is 13.1 Å². The van der Waals surface area contributed by atoms with Gasteiger partial charge in [0, 0.05) is 24.8 Å². The maximum Gasteiger partial charge on any atom is 0.0189 e. The molecule has 1 saturated heterocycles. The Kier molecular flexibility index (Phi) is 3.35. The molecule has 2 heteroatoms. The van der Waals surface area contributed by atoms with Crippen molar-refractivity contribution in [3.63, 3.8) is 0 Å². The number of hydrogen-bond donors (Lipinski definition) is 1. The van der Waals surface area contributed by atoms with Crippen LogP contribution in [0.15, 0.2) is 24.4 Å². The zero-order valence-electron chi connectivity index (χ0n) is 7.79. The first-order chi connectivity index (χ1) is 5.74. The SMILES string of the molecule is C=C/C=C(\C)N1CCC(N)CC1. The van der Waals surface area contributed by atoms with E-state index >= 15 is 0 Å². The maximum absolute atomic E-state index is 5.80. The zero-order chi connectivity index (χ0) is 8.97. The van der Waals surface area contributed by atoms with Crippen molar-refractivity contribution in [3.05, 3.63) is 24.4 Å².